The van der Waals surface area contributed by atoms with E-state index in [-0.39, 0.29) is 18.0 Å². The second-order valence-electron chi connectivity index (χ2n) is 13.6. The highest BCUT2D eigenvalue weighted by Gasteiger charge is 2.62. The number of quaternary nitrogens is 1. The molecule has 0 saturated carbocycles. The lowest BCUT2D eigenvalue weighted by Gasteiger charge is -2.59. The number of hydrogen-bond acceptors (Lipinski definition) is 4. The van der Waals surface area contributed by atoms with E-state index in [1.807, 2.05) is 41.3 Å². The van der Waals surface area contributed by atoms with E-state index >= 15 is 0 Å². The molecule has 0 radical (unpaired) electrons. The number of carbonyl (C=O) groups is 2. The maximum Gasteiger partial charge on any atom is 0.317 e. The van der Waals surface area contributed by atoms with Crippen LogP contribution >= 0.6 is 0 Å². The molecule has 3 amide bonds. The van der Waals surface area contributed by atoms with E-state index in [0.717, 1.165) is 40.8 Å². The zero-order valence-corrected chi connectivity index (χ0v) is 26.5. The second kappa shape index (κ2) is 12.0. The monoisotopic (exact) mass is 609 g/mol. The van der Waals surface area contributed by atoms with Crippen LogP contribution in [0.3, 0.4) is 0 Å². The third kappa shape index (κ3) is 5.54. The number of rotatable bonds is 8. The van der Waals surface area contributed by atoms with Gasteiger partial charge in [-0.25, -0.2) is 4.79 Å². The maximum absolute atomic E-state index is 13.9. The topological polar surface area (TPSA) is 71.1 Å². The first-order chi connectivity index (χ1) is 21.9. The largest absolute Gasteiger partial charge is 0.497 e. The molecule has 2 bridgehead atoms. The number of piperidine rings is 4. The predicted molar refractivity (Wildman–Crippen MR) is 174 cm³/mol. The summed E-state index contributed by atoms with van der Waals surface area (Å²) in [4.78, 5) is 29.9. The molecule has 1 atom stereocenters. The van der Waals surface area contributed by atoms with Gasteiger partial charge in [-0.15, -0.1) is 0 Å². The number of hydrogen-bond donors (Lipinski definition) is 1. The van der Waals surface area contributed by atoms with E-state index < -0.39 is 5.41 Å². The zero-order chi connectivity index (χ0) is 31.0. The van der Waals surface area contributed by atoms with E-state index in [4.69, 9.17) is 9.47 Å². The van der Waals surface area contributed by atoms with Crippen molar-refractivity contribution in [3.05, 3.63) is 89.5 Å². The molecule has 5 saturated heterocycles. The van der Waals surface area contributed by atoms with Gasteiger partial charge in [0.25, 0.3) is 0 Å². The number of urea groups is 1. The van der Waals surface area contributed by atoms with Crippen molar-refractivity contribution in [1.29, 1.82) is 0 Å². The molecule has 5 aliphatic heterocycles. The number of nitrogens with zero attached hydrogens (tertiary/aromatic N) is 3. The van der Waals surface area contributed by atoms with Crippen LogP contribution < -0.4 is 19.7 Å². The van der Waals surface area contributed by atoms with Crippen LogP contribution in [-0.4, -0.2) is 68.2 Å². The number of fused-ring (bicyclic) bond motifs is 3. The van der Waals surface area contributed by atoms with E-state index in [2.05, 4.69) is 41.7 Å². The SMILES string of the molecule is CNC(=O)N1CCC2(CC1)C(=O)N(c1ccc(OC)cc1)C2c1ccc(OCc2ccc(C[N+]34CCC(CC3)CC4)cc2)cc1. The molecule has 1 spiro atoms. The fourth-order valence-corrected chi connectivity index (χ4v) is 8.30. The van der Waals surface area contributed by atoms with Crippen molar-refractivity contribution in [2.24, 2.45) is 11.3 Å². The number of carbonyl (C=O) groups excluding carboxylic acids is 2. The van der Waals surface area contributed by atoms with Crippen molar-refractivity contribution in [3.8, 4) is 11.5 Å². The third-order valence-electron chi connectivity index (χ3n) is 11.1. The minimum absolute atomic E-state index is 0.0913. The standard InChI is InChI=1S/C37H44N4O4/c1-38-36(43)39-20-18-37(19-21-39)34(40(35(37)42)31-9-13-32(44-2)14-10-31)30-7-11-33(12-8-30)45-26-29-5-3-28(4-6-29)25-41-22-15-27(16-23-41)17-24-41/h3-14,27,34H,15-26H2,1-2H3/p+1. The highest BCUT2D eigenvalue weighted by atomic mass is 16.5. The molecule has 1 N–H and O–H groups in total. The van der Waals surface area contributed by atoms with Gasteiger partial charge in [0.05, 0.1) is 38.2 Å². The summed E-state index contributed by atoms with van der Waals surface area (Å²) in [6.07, 6.45) is 5.46. The number of methoxy groups -OCH3 is 1. The molecule has 3 aromatic carbocycles. The van der Waals surface area contributed by atoms with Crippen molar-refractivity contribution in [2.45, 2.75) is 51.3 Å². The molecule has 3 aromatic rings. The minimum Gasteiger partial charge on any atom is -0.497 e. The Morgan fingerprint density at radius 2 is 1.47 bits per heavy atom. The van der Waals surface area contributed by atoms with Crippen molar-refractivity contribution >= 4 is 17.6 Å². The molecule has 5 aliphatic rings. The van der Waals surface area contributed by atoms with Crippen molar-refractivity contribution < 1.29 is 23.5 Å². The molecule has 236 valence electrons. The maximum atomic E-state index is 13.9. The number of benzene rings is 3. The van der Waals surface area contributed by atoms with Crippen LogP contribution in [0.15, 0.2) is 72.8 Å². The Bertz CT molecular complexity index is 1490. The van der Waals surface area contributed by atoms with Gasteiger partial charge in [0, 0.05) is 31.4 Å². The third-order valence-corrected chi connectivity index (χ3v) is 11.1. The molecule has 0 aromatic heterocycles. The molecule has 8 heteroatoms. The first kappa shape index (κ1) is 29.7. The lowest BCUT2D eigenvalue weighted by molar-refractivity contribution is -0.955. The number of likely N-dealkylation sites (tertiary alicyclic amines) is 1. The normalized spacial score (nSPS) is 25.2. The van der Waals surface area contributed by atoms with E-state index in [0.29, 0.717) is 32.5 Å². The number of ether oxygens (including phenoxy) is 2. The molecule has 5 fully saturated rings. The van der Waals surface area contributed by atoms with Crippen molar-refractivity contribution in [2.75, 3.05) is 51.8 Å². The average molecular weight is 610 g/mol. The van der Waals surface area contributed by atoms with Gasteiger partial charge in [-0.2, -0.15) is 0 Å². The summed E-state index contributed by atoms with van der Waals surface area (Å²) in [5.74, 6) is 2.66. The van der Waals surface area contributed by atoms with Crippen molar-refractivity contribution in [3.63, 3.8) is 0 Å². The smallest absolute Gasteiger partial charge is 0.317 e. The zero-order valence-electron chi connectivity index (χ0n) is 26.5. The van der Waals surface area contributed by atoms with Gasteiger partial charge in [-0.05, 0) is 85.5 Å². The number of β-lactam (4-membered cyclic amide) rings is 1. The molecule has 5 heterocycles. The van der Waals surface area contributed by atoms with Crippen LogP contribution in [0.2, 0.25) is 0 Å². The molecular formula is C37H45N4O4+. The lowest BCUT2D eigenvalue weighted by atomic mass is 9.62. The van der Waals surface area contributed by atoms with Crippen LogP contribution in [-0.2, 0) is 17.9 Å². The molecule has 1 unspecified atom stereocenters. The summed E-state index contributed by atoms with van der Waals surface area (Å²) in [7, 11) is 3.29. The highest BCUT2D eigenvalue weighted by Crippen LogP contribution is 2.57. The summed E-state index contributed by atoms with van der Waals surface area (Å²) in [6.45, 7) is 6.80. The van der Waals surface area contributed by atoms with Crippen LogP contribution in [0.5, 0.6) is 11.5 Å². The van der Waals surface area contributed by atoms with Gasteiger partial charge in [-0.3, -0.25) is 4.79 Å². The van der Waals surface area contributed by atoms with Crippen LogP contribution in [0.4, 0.5) is 10.5 Å². The molecular weight excluding hydrogens is 564 g/mol. The summed E-state index contributed by atoms with van der Waals surface area (Å²) in [5, 5.41) is 2.72. The predicted octanol–water partition coefficient (Wildman–Crippen LogP) is 5.91. The average Bonchev–Trinajstić information content (AvgIpc) is 3.11. The Morgan fingerprint density at radius 1 is 0.867 bits per heavy atom. The minimum atomic E-state index is -0.538. The Kier molecular flexibility index (Phi) is 7.94. The Balaban J connectivity index is 1.03. The van der Waals surface area contributed by atoms with Crippen LogP contribution in [0.1, 0.15) is 54.8 Å². The molecule has 0 aliphatic carbocycles. The van der Waals surface area contributed by atoms with E-state index in [1.54, 1.807) is 19.1 Å². The summed E-state index contributed by atoms with van der Waals surface area (Å²) >= 11 is 0. The molecule has 45 heavy (non-hydrogen) atoms. The Hall–Kier alpha value is -4.04. The summed E-state index contributed by atoms with van der Waals surface area (Å²) in [5.41, 5.74) is 3.98. The van der Waals surface area contributed by atoms with Gasteiger partial charge < -0.3 is 29.1 Å². The Labute approximate surface area is 266 Å². The number of amides is 3. The fraction of sp³-hybridized carbons (Fsp3) is 0.459. The summed E-state index contributed by atoms with van der Waals surface area (Å²) in [6, 6.07) is 24.7. The fourth-order valence-electron chi connectivity index (χ4n) is 8.30. The number of nitrogens with one attached hydrogen (secondary N) is 1. The molecule has 8 nitrogen and oxygen atoms in total. The van der Waals surface area contributed by atoms with Gasteiger partial charge in [0.1, 0.15) is 24.7 Å². The van der Waals surface area contributed by atoms with Gasteiger partial charge >= 0.3 is 6.03 Å². The quantitative estimate of drug-likeness (QED) is 0.255. The van der Waals surface area contributed by atoms with Crippen LogP contribution in [0.25, 0.3) is 0 Å². The van der Waals surface area contributed by atoms with Gasteiger partial charge in [0.2, 0.25) is 5.91 Å². The second-order valence-corrected chi connectivity index (χ2v) is 13.6. The number of anilines is 1. The summed E-state index contributed by atoms with van der Waals surface area (Å²) < 4.78 is 12.8. The van der Waals surface area contributed by atoms with E-state index in [9.17, 15) is 9.59 Å². The first-order valence-electron chi connectivity index (χ1n) is 16.5. The molecule has 8 rings (SSSR count). The Morgan fingerprint density at radius 3 is 2.07 bits per heavy atom. The van der Waals surface area contributed by atoms with Crippen molar-refractivity contribution in [1.82, 2.24) is 10.2 Å². The van der Waals surface area contributed by atoms with Gasteiger partial charge in [-0.1, -0.05) is 36.4 Å². The van der Waals surface area contributed by atoms with Crippen LogP contribution in [0, 0.1) is 11.3 Å². The highest BCUT2D eigenvalue weighted by molar-refractivity contribution is 6.06. The lowest BCUT2D eigenvalue weighted by Crippen LogP contribution is -2.67. The van der Waals surface area contributed by atoms with Gasteiger partial charge in [0.15, 0.2) is 0 Å². The first-order valence-corrected chi connectivity index (χ1v) is 16.5. The van der Waals surface area contributed by atoms with E-state index in [1.165, 1.54) is 48.9 Å².